The van der Waals surface area contributed by atoms with Crippen molar-refractivity contribution in [3.8, 4) is 0 Å². The average molecular weight is 274 g/mol. The Bertz CT molecular complexity index is 616. The molecule has 1 aromatic heterocycles. The minimum Gasteiger partial charge on any atom is -0.409 e. The Kier molecular flexibility index (Phi) is 4.14. The summed E-state index contributed by atoms with van der Waals surface area (Å²) in [4.78, 5) is 5.85. The zero-order chi connectivity index (χ0) is 14.5. The highest BCUT2D eigenvalue weighted by atomic mass is 19.1. The zero-order valence-electron chi connectivity index (χ0n) is 11.0. The third kappa shape index (κ3) is 2.85. The second kappa shape index (κ2) is 6.01. The first-order valence-electron chi connectivity index (χ1n) is 6.00. The molecule has 1 heterocycles. The number of hydrogen-bond acceptors (Lipinski definition) is 4. The van der Waals surface area contributed by atoms with Gasteiger partial charge in [0.25, 0.3) is 0 Å². The van der Waals surface area contributed by atoms with Crippen LogP contribution in [0.25, 0.3) is 0 Å². The van der Waals surface area contributed by atoms with Crippen molar-refractivity contribution in [1.82, 2.24) is 4.98 Å². The number of anilines is 1. The molecule has 0 amide bonds. The maximum atomic E-state index is 13.9. The van der Waals surface area contributed by atoms with Gasteiger partial charge in [-0.1, -0.05) is 17.3 Å². The van der Waals surface area contributed by atoms with Gasteiger partial charge >= 0.3 is 0 Å². The van der Waals surface area contributed by atoms with Crippen LogP contribution in [0.4, 0.5) is 10.1 Å². The highest BCUT2D eigenvalue weighted by molar-refractivity contribution is 6.02. The molecule has 0 radical (unpaired) electrons. The lowest BCUT2D eigenvalue weighted by Gasteiger charge is -2.22. The van der Waals surface area contributed by atoms with Crippen LogP contribution in [0, 0.1) is 5.82 Å². The van der Waals surface area contributed by atoms with Crippen LogP contribution in [0.1, 0.15) is 11.1 Å². The zero-order valence-corrected chi connectivity index (χ0v) is 11.0. The van der Waals surface area contributed by atoms with Crippen LogP contribution in [0.3, 0.4) is 0 Å². The van der Waals surface area contributed by atoms with E-state index in [-0.39, 0.29) is 11.4 Å². The highest BCUT2D eigenvalue weighted by Crippen LogP contribution is 2.23. The summed E-state index contributed by atoms with van der Waals surface area (Å²) in [6.07, 6.45) is 3.42. The van der Waals surface area contributed by atoms with Gasteiger partial charge in [-0.3, -0.25) is 4.98 Å². The predicted molar refractivity (Wildman–Crippen MR) is 75.3 cm³/mol. The standard InChI is InChI=1S/C14H15FN4O/c1-19(9-10-4-3-7-17-8-10)12-6-2-5-11(15)13(12)14(16)18-20/h2-8,20H,9H2,1H3,(H2,16,18). The molecule has 3 N–H and O–H groups in total. The second-order valence-electron chi connectivity index (χ2n) is 4.34. The largest absolute Gasteiger partial charge is 0.409 e. The molecule has 0 aliphatic carbocycles. The monoisotopic (exact) mass is 274 g/mol. The maximum absolute atomic E-state index is 13.9. The number of oxime groups is 1. The maximum Gasteiger partial charge on any atom is 0.175 e. The summed E-state index contributed by atoms with van der Waals surface area (Å²) in [5.74, 6) is -0.785. The van der Waals surface area contributed by atoms with Crippen molar-refractivity contribution in [3.05, 3.63) is 59.7 Å². The number of nitrogens with two attached hydrogens (primary N) is 1. The Balaban J connectivity index is 2.35. The summed E-state index contributed by atoms with van der Waals surface area (Å²) >= 11 is 0. The fourth-order valence-corrected chi connectivity index (χ4v) is 1.99. The predicted octanol–water partition coefficient (Wildman–Crippen LogP) is 1.95. The van der Waals surface area contributed by atoms with Gasteiger partial charge < -0.3 is 15.8 Å². The molecule has 104 valence electrons. The lowest BCUT2D eigenvalue weighted by atomic mass is 10.1. The van der Waals surface area contributed by atoms with E-state index in [1.807, 2.05) is 17.0 Å². The number of halogens is 1. The van der Waals surface area contributed by atoms with Gasteiger partial charge in [-0.2, -0.15) is 0 Å². The van der Waals surface area contributed by atoms with Crippen molar-refractivity contribution in [1.29, 1.82) is 0 Å². The van der Waals surface area contributed by atoms with Gasteiger partial charge in [-0.25, -0.2) is 4.39 Å². The Morgan fingerprint density at radius 3 is 2.85 bits per heavy atom. The second-order valence-corrected chi connectivity index (χ2v) is 4.34. The van der Waals surface area contributed by atoms with Crippen molar-refractivity contribution >= 4 is 11.5 Å². The fraction of sp³-hybridized carbons (Fsp3) is 0.143. The number of rotatable bonds is 4. The minimum absolute atomic E-state index is 0.0846. The number of pyridine rings is 1. The smallest absolute Gasteiger partial charge is 0.175 e. The van der Waals surface area contributed by atoms with Crippen LogP contribution in [-0.4, -0.2) is 23.1 Å². The third-order valence-electron chi connectivity index (χ3n) is 2.91. The van der Waals surface area contributed by atoms with Gasteiger partial charge in [-0.15, -0.1) is 0 Å². The van der Waals surface area contributed by atoms with E-state index in [1.54, 1.807) is 31.6 Å². The van der Waals surface area contributed by atoms with Crippen LogP contribution in [0.15, 0.2) is 47.9 Å². The molecule has 20 heavy (non-hydrogen) atoms. The van der Waals surface area contributed by atoms with E-state index in [0.717, 1.165) is 5.56 Å². The molecule has 0 bridgehead atoms. The van der Waals surface area contributed by atoms with Gasteiger partial charge in [0.15, 0.2) is 5.84 Å². The molecule has 0 aliphatic heterocycles. The van der Waals surface area contributed by atoms with Gasteiger partial charge in [0, 0.05) is 26.0 Å². The van der Waals surface area contributed by atoms with Crippen molar-refractivity contribution in [2.75, 3.05) is 11.9 Å². The number of hydrogen-bond donors (Lipinski definition) is 2. The van der Waals surface area contributed by atoms with E-state index in [2.05, 4.69) is 10.1 Å². The molecule has 5 nitrogen and oxygen atoms in total. The third-order valence-corrected chi connectivity index (χ3v) is 2.91. The van der Waals surface area contributed by atoms with Crippen LogP contribution in [0.5, 0.6) is 0 Å². The lowest BCUT2D eigenvalue weighted by Crippen LogP contribution is -2.23. The van der Waals surface area contributed by atoms with E-state index in [4.69, 9.17) is 10.9 Å². The number of benzene rings is 1. The summed E-state index contributed by atoms with van der Waals surface area (Å²) in [5, 5.41) is 11.7. The van der Waals surface area contributed by atoms with Crippen molar-refractivity contribution < 1.29 is 9.60 Å². The molecule has 0 saturated carbocycles. The van der Waals surface area contributed by atoms with Gasteiger partial charge in [0.2, 0.25) is 0 Å². The SMILES string of the molecule is CN(Cc1cccnc1)c1cccc(F)c1C(N)=NO. The molecular formula is C14H15FN4O. The molecule has 1 aromatic carbocycles. The van der Waals surface area contributed by atoms with Crippen LogP contribution in [-0.2, 0) is 6.54 Å². The van der Waals surface area contributed by atoms with Crippen molar-refractivity contribution in [3.63, 3.8) is 0 Å². The van der Waals surface area contributed by atoms with Crippen LogP contribution >= 0.6 is 0 Å². The quantitative estimate of drug-likeness (QED) is 0.387. The summed E-state index contributed by atoms with van der Waals surface area (Å²) in [6.45, 7) is 0.531. The number of aromatic nitrogens is 1. The molecular weight excluding hydrogens is 259 g/mol. The molecule has 0 saturated heterocycles. The van der Waals surface area contributed by atoms with E-state index in [0.29, 0.717) is 12.2 Å². The summed E-state index contributed by atoms with van der Waals surface area (Å²) in [7, 11) is 1.80. The first kappa shape index (κ1) is 13.8. The average Bonchev–Trinajstić information content (AvgIpc) is 2.47. The lowest BCUT2D eigenvalue weighted by molar-refractivity contribution is 0.318. The molecule has 0 unspecified atom stereocenters. The first-order chi connectivity index (χ1) is 9.63. The topological polar surface area (TPSA) is 74.7 Å². The van der Waals surface area contributed by atoms with Crippen LogP contribution in [0.2, 0.25) is 0 Å². The molecule has 2 aromatic rings. The summed E-state index contributed by atoms with van der Waals surface area (Å²) < 4.78 is 13.9. The molecule has 6 heteroatoms. The Labute approximate surface area is 116 Å². The highest BCUT2D eigenvalue weighted by Gasteiger charge is 2.16. The van der Waals surface area contributed by atoms with Crippen molar-refractivity contribution in [2.24, 2.45) is 10.9 Å². The van der Waals surface area contributed by atoms with Gasteiger partial charge in [0.1, 0.15) is 5.82 Å². The van der Waals surface area contributed by atoms with Gasteiger partial charge in [-0.05, 0) is 23.8 Å². The van der Waals surface area contributed by atoms with E-state index >= 15 is 0 Å². The number of amidine groups is 1. The molecule has 0 atom stereocenters. The van der Waals surface area contributed by atoms with E-state index < -0.39 is 5.82 Å². The minimum atomic E-state index is -0.532. The molecule has 0 spiro atoms. The summed E-state index contributed by atoms with van der Waals surface area (Å²) in [5.41, 5.74) is 7.15. The Morgan fingerprint density at radius 1 is 1.40 bits per heavy atom. The Morgan fingerprint density at radius 2 is 2.20 bits per heavy atom. The van der Waals surface area contributed by atoms with Gasteiger partial charge in [0.05, 0.1) is 11.3 Å². The molecule has 0 aliphatic rings. The Hall–Kier alpha value is -2.63. The van der Waals surface area contributed by atoms with Crippen LogP contribution < -0.4 is 10.6 Å². The van der Waals surface area contributed by atoms with E-state index in [9.17, 15) is 4.39 Å². The number of nitrogens with zero attached hydrogens (tertiary/aromatic N) is 3. The summed E-state index contributed by atoms with van der Waals surface area (Å²) in [6, 6.07) is 8.32. The fourth-order valence-electron chi connectivity index (χ4n) is 1.99. The molecule has 2 rings (SSSR count). The van der Waals surface area contributed by atoms with Crippen molar-refractivity contribution in [2.45, 2.75) is 6.54 Å². The molecule has 0 fully saturated rings. The van der Waals surface area contributed by atoms with E-state index in [1.165, 1.54) is 6.07 Å². The first-order valence-corrected chi connectivity index (χ1v) is 6.00. The normalized spacial score (nSPS) is 11.4.